The molecule has 2 unspecified atom stereocenters. The molecule has 2 atom stereocenters. The zero-order valence-corrected chi connectivity index (χ0v) is 11.3. The first kappa shape index (κ1) is 15.8. The van der Waals surface area contributed by atoms with Crippen molar-refractivity contribution in [3.05, 3.63) is 0 Å². The molecular weight excluding hydrogens is 240 g/mol. The van der Waals surface area contributed by atoms with E-state index in [9.17, 15) is 13.9 Å². The fourth-order valence-electron chi connectivity index (χ4n) is 2.83. The van der Waals surface area contributed by atoms with Crippen molar-refractivity contribution in [2.24, 2.45) is 11.3 Å². The first-order valence-corrected chi connectivity index (χ1v) is 6.63. The van der Waals surface area contributed by atoms with Gasteiger partial charge in [-0.05, 0) is 30.6 Å². The molecule has 1 aliphatic rings. The topological polar surface area (TPSA) is 43.7 Å². The van der Waals surface area contributed by atoms with E-state index >= 15 is 0 Å². The van der Waals surface area contributed by atoms with Gasteiger partial charge in [0.2, 0.25) is 0 Å². The van der Waals surface area contributed by atoms with E-state index in [4.69, 9.17) is 5.11 Å². The van der Waals surface area contributed by atoms with Crippen LogP contribution in [0.2, 0.25) is 0 Å². The summed E-state index contributed by atoms with van der Waals surface area (Å²) in [6.45, 7) is 4.53. The monoisotopic (exact) mass is 265 g/mol. The van der Waals surface area contributed by atoms with Gasteiger partial charge in [-0.25, -0.2) is 8.78 Å². The zero-order valence-electron chi connectivity index (χ0n) is 11.3. The summed E-state index contributed by atoms with van der Waals surface area (Å²) in [5.74, 6) is 0.0269. The van der Waals surface area contributed by atoms with Gasteiger partial charge in [-0.15, -0.1) is 0 Å². The van der Waals surface area contributed by atoms with E-state index in [-0.39, 0.29) is 31.0 Å². The first-order valence-electron chi connectivity index (χ1n) is 6.63. The van der Waals surface area contributed by atoms with Crippen molar-refractivity contribution in [2.75, 3.05) is 26.2 Å². The second-order valence-electron chi connectivity index (χ2n) is 6.11. The van der Waals surface area contributed by atoms with Crippen LogP contribution in [-0.4, -0.2) is 53.9 Å². The van der Waals surface area contributed by atoms with E-state index in [0.29, 0.717) is 6.54 Å². The molecule has 0 heterocycles. The van der Waals surface area contributed by atoms with Crippen molar-refractivity contribution in [3.8, 4) is 0 Å². The van der Waals surface area contributed by atoms with Crippen molar-refractivity contribution in [2.45, 2.75) is 45.6 Å². The molecule has 0 bridgehead atoms. The van der Waals surface area contributed by atoms with Gasteiger partial charge in [-0.1, -0.05) is 13.8 Å². The Balaban J connectivity index is 2.55. The van der Waals surface area contributed by atoms with Gasteiger partial charge in [0, 0.05) is 13.1 Å². The molecule has 0 aliphatic heterocycles. The van der Waals surface area contributed by atoms with Gasteiger partial charge in [0.05, 0.1) is 19.3 Å². The molecule has 0 aromatic rings. The lowest BCUT2D eigenvalue weighted by Crippen LogP contribution is -2.43. The summed E-state index contributed by atoms with van der Waals surface area (Å²) in [7, 11) is 0. The Hall–Kier alpha value is -0.260. The molecule has 0 radical (unpaired) electrons. The van der Waals surface area contributed by atoms with Gasteiger partial charge in [0.15, 0.2) is 0 Å². The Morgan fingerprint density at radius 2 is 2.06 bits per heavy atom. The van der Waals surface area contributed by atoms with Gasteiger partial charge in [-0.3, -0.25) is 4.90 Å². The maximum Gasteiger partial charge on any atom is 0.251 e. The average Bonchev–Trinajstić information content (AvgIpc) is 2.22. The van der Waals surface area contributed by atoms with Crippen LogP contribution < -0.4 is 0 Å². The molecule has 0 amide bonds. The van der Waals surface area contributed by atoms with Crippen LogP contribution in [0.3, 0.4) is 0 Å². The van der Waals surface area contributed by atoms with E-state index in [0.717, 1.165) is 19.3 Å². The molecule has 1 aliphatic carbocycles. The van der Waals surface area contributed by atoms with Crippen molar-refractivity contribution in [1.82, 2.24) is 4.90 Å². The van der Waals surface area contributed by atoms with Crippen LogP contribution in [0.15, 0.2) is 0 Å². The number of aliphatic hydroxyl groups excluding tert-OH is 2. The second-order valence-corrected chi connectivity index (χ2v) is 6.11. The van der Waals surface area contributed by atoms with Crippen molar-refractivity contribution >= 4 is 0 Å². The minimum absolute atomic E-state index is 0.0269. The highest BCUT2D eigenvalue weighted by Gasteiger charge is 2.34. The maximum atomic E-state index is 12.4. The van der Waals surface area contributed by atoms with Crippen LogP contribution >= 0.6 is 0 Å². The smallest absolute Gasteiger partial charge is 0.251 e. The van der Waals surface area contributed by atoms with Gasteiger partial charge in [0.25, 0.3) is 6.43 Å². The van der Waals surface area contributed by atoms with Crippen LogP contribution in [0.1, 0.15) is 33.1 Å². The molecule has 5 heteroatoms. The van der Waals surface area contributed by atoms with Crippen LogP contribution in [-0.2, 0) is 0 Å². The summed E-state index contributed by atoms with van der Waals surface area (Å²) in [6.07, 6.45) is -0.250. The molecular formula is C13H25F2NO2. The van der Waals surface area contributed by atoms with Crippen LogP contribution in [0, 0.1) is 11.3 Å². The molecule has 0 aromatic carbocycles. The quantitative estimate of drug-likeness (QED) is 0.769. The summed E-state index contributed by atoms with van der Waals surface area (Å²) in [5, 5.41) is 18.9. The molecule has 1 fully saturated rings. The van der Waals surface area contributed by atoms with Crippen LogP contribution in [0.4, 0.5) is 8.78 Å². The lowest BCUT2D eigenvalue weighted by Gasteiger charge is -2.40. The van der Waals surface area contributed by atoms with E-state index in [1.54, 1.807) is 4.90 Å². The lowest BCUT2D eigenvalue weighted by atomic mass is 9.70. The Labute approximate surface area is 108 Å². The third-order valence-corrected chi connectivity index (χ3v) is 3.78. The second kappa shape index (κ2) is 6.78. The molecule has 1 rings (SSSR count). The summed E-state index contributed by atoms with van der Waals surface area (Å²) < 4.78 is 24.9. The summed E-state index contributed by atoms with van der Waals surface area (Å²) in [4.78, 5) is 1.56. The van der Waals surface area contributed by atoms with Crippen molar-refractivity contribution in [1.29, 1.82) is 0 Å². The summed E-state index contributed by atoms with van der Waals surface area (Å²) >= 11 is 0. The Morgan fingerprint density at radius 1 is 1.39 bits per heavy atom. The zero-order chi connectivity index (χ0) is 13.8. The highest BCUT2D eigenvalue weighted by molar-refractivity contribution is 4.86. The van der Waals surface area contributed by atoms with Crippen molar-refractivity contribution < 1.29 is 19.0 Å². The Morgan fingerprint density at radius 3 is 2.61 bits per heavy atom. The van der Waals surface area contributed by atoms with Gasteiger partial charge >= 0.3 is 0 Å². The third kappa shape index (κ3) is 5.16. The Kier molecular flexibility index (Phi) is 5.95. The van der Waals surface area contributed by atoms with E-state index < -0.39 is 12.5 Å². The normalized spacial score (nSPS) is 28.0. The standard InChI is InChI=1S/C13H25F2NO2/c1-13(2)4-3-11(18)10(7-13)8-16(5-6-17)9-12(14)15/h10-12,17-18H,3-9H2,1-2H3. The minimum Gasteiger partial charge on any atom is -0.395 e. The number of alkyl halides is 2. The fourth-order valence-corrected chi connectivity index (χ4v) is 2.83. The average molecular weight is 265 g/mol. The SMILES string of the molecule is CC1(C)CCC(O)C(CN(CCO)CC(F)F)C1. The predicted octanol–water partition coefficient (Wildman–Crippen LogP) is 1.73. The Bertz CT molecular complexity index is 249. The fraction of sp³-hybridized carbons (Fsp3) is 1.00. The molecule has 108 valence electrons. The largest absolute Gasteiger partial charge is 0.395 e. The molecule has 0 aromatic heterocycles. The van der Waals surface area contributed by atoms with E-state index in [1.165, 1.54) is 0 Å². The molecule has 0 spiro atoms. The number of nitrogens with zero attached hydrogens (tertiary/aromatic N) is 1. The number of hydrogen-bond donors (Lipinski definition) is 2. The molecule has 0 saturated heterocycles. The van der Waals surface area contributed by atoms with E-state index in [1.807, 2.05) is 0 Å². The summed E-state index contributed by atoms with van der Waals surface area (Å²) in [6, 6.07) is 0. The number of rotatable bonds is 6. The lowest BCUT2D eigenvalue weighted by molar-refractivity contribution is -0.00873. The van der Waals surface area contributed by atoms with Crippen LogP contribution in [0.5, 0.6) is 0 Å². The highest BCUT2D eigenvalue weighted by atomic mass is 19.3. The predicted molar refractivity (Wildman–Crippen MR) is 66.7 cm³/mol. The molecule has 18 heavy (non-hydrogen) atoms. The van der Waals surface area contributed by atoms with Crippen LogP contribution in [0.25, 0.3) is 0 Å². The number of hydrogen-bond acceptors (Lipinski definition) is 3. The van der Waals surface area contributed by atoms with Gasteiger partial charge in [0.1, 0.15) is 0 Å². The first-order chi connectivity index (χ1) is 8.34. The number of halogens is 2. The number of aliphatic hydroxyl groups is 2. The molecule has 1 saturated carbocycles. The summed E-state index contributed by atoms with van der Waals surface area (Å²) in [5.41, 5.74) is 0.166. The third-order valence-electron chi connectivity index (χ3n) is 3.78. The molecule has 2 N–H and O–H groups in total. The highest BCUT2D eigenvalue weighted by Crippen LogP contribution is 2.39. The van der Waals surface area contributed by atoms with Crippen molar-refractivity contribution in [3.63, 3.8) is 0 Å². The van der Waals surface area contributed by atoms with Gasteiger partial charge in [-0.2, -0.15) is 0 Å². The maximum absolute atomic E-state index is 12.4. The minimum atomic E-state index is -2.40. The molecule has 3 nitrogen and oxygen atoms in total. The van der Waals surface area contributed by atoms with E-state index in [2.05, 4.69) is 13.8 Å². The van der Waals surface area contributed by atoms with Gasteiger partial charge < -0.3 is 10.2 Å².